The Balaban J connectivity index is 1.99. The van der Waals surface area contributed by atoms with Crippen molar-refractivity contribution in [2.24, 2.45) is 0 Å². The molecule has 1 saturated heterocycles. The molecule has 0 unspecified atom stereocenters. The normalized spacial score (nSPS) is 19.4. The van der Waals surface area contributed by atoms with E-state index in [9.17, 15) is 28.1 Å². The largest absolute Gasteiger partial charge is 0.445 e. The van der Waals surface area contributed by atoms with E-state index in [1.165, 1.54) is 36.1 Å². The number of sulfonamides is 1. The molecule has 1 amide bonds. The van der Waals surface area contributed by atoms with E-state index in [4.69, 9.17) is 4.74 Å². The number of thioether (sulfide) groups is 1. The number of non-ortho nitro benzene ring substituents is 1. The number of nitrogens with zero attached hydrogens (tertiary/aromatic N) is 2. The van der Waals surface area contributed by atoms with E-state index in [2.05, 4.69) is 4.72 Å². The summed E-state index contributed by atoms with van der Waals surface area (Å²) >= 11 is 1.11. The van der Waals surface area contributed by atoms with Gasteiger partial charge in [-0.3, -0.25) is 14.9 Å². The fourth-order valence-electron chi connectivity index (χ4n) is 2.80. The number of nitro groups is 1. The first-order valence-electron chi connectivity index (χ1n) is 8.33. The maximum absolute atomic E-state index is 12.5. The van der Waals surface area contributed by atoms with Crippen LogP contribution in [-0.4, -0.2) is 60.1 Å². The molecule has 0 saturated carbocycles. The summed E-state index contributed by atoms with van der Waals surface area (Å²) in [4.78, 5) is 35.4. The molecule has 0 spiro atoms. The average Bonchev–Trinajstić information content (AvgIpc) is 2.99. The monoisotopic (exact) mass is 431 g/mol. The third-order valence-corrected chi connectivity index (χ3v) is 5.73. The minimum atomic E-state index is -3.43. The lowest BCUT2D eigenvalue weighted by atomic mass is 10.2. The molecule has 1 aliphatic heterocycles. The fraction of sp³-hybridized carbons (Fsp3) is 0.500. The number of carbonyl (C=O) groups excluding carboxylic acids is 2. The Labute approximate surface area is 166 Å². The minimum absolute atomic E-state index is 0.0282. The van der Waals surface area contributed by atoms with Crippen LogP contribution >= 0.6 is 11.8 Å². The van der Waals surface area contributed by atoms with Gasteiger partial charge in [-0.1, -0.05) is 11.8 Å². The molecular formula is C16H21N3O7S2. The highest BCUT2D eigenvalue weighted by Crippen LogP contribution is 2.28. The molecule has 0 radical (unpaired) electrons. The second-order valence-electron chi connectivity index (χ2n) is 6.37. The first-order chi connectivity index (χ1) is 13.0. The van der Waals surface area contributed by atoms with E-state index in [1.807, 2.05) is 0 Å². The summed E-state index contributed by atoms with van der Waals surface area (Å²) in [7, 11) is -3.43. The lowest BCUT2D eigenvalue weighted by Gasteiger charge is -2.23. The number of rotatable bonds is 7. The highest BCUT2D eigenvalue weighted by molar-refractivity contribution is 8.14. The standard InChI is InChI=1S/C16H21N3O7S2/c1-11(20)27-15-7-14(8-17-28(2,24)25)18(9-15)16(21)26-10-12-3-5-13(6-4-12)19(22)23/h3-6,14-15,17H,7-10H2,1-2H3/t14-,15-/m0/s1. The van der Waals surface area contributed by atoms with Crippen molar-refractivity contribution in [1.82, 2.24) is 9.62 Å². The van der Waals surface area contributed by atoms with Crippen LogP contribution in [0.2, 0.25) is 0 Å². The van der Waals surface area contributed by atoms with Gasteiger partial charge < -0.3 is 9.64 Å². The number of benzene rings is 1. The molecule has 0 aromatic heterocycles. The predicted octanol–water partition coefficient (Wildman–Crippen LogP) is 1.50. The lowest BCUT2D eigenvalue weighted by Crippen LogP contribution is -2.43. The third kappa shape index (κ3) is 6.77. The number of likely N-dealkylation sites (tertiary alicyclic amines) is 1. The van der Waals surface area contributed by atoms with E-state index in [1.54, 1.807) is 0 Å². The SMILES string of the molecule is CC(=O)S[C@H]1C[C@@H](CNS(C)(=O)=O)N(C(=O)OCc2ccc([N+](=O)[O-])cc2)C1. The van der Waals surface area contributed by atoms with E-state index in [-0.39, 0.29) is 35.7 Å². The van der Waals surface area contributed by atoms with Crippen molar-refractivity contribution in [1.29, 1.82) is 0 Å². The molecule has 1 aromatic carbocycles. The Bertz CT molecular complexity index is 842. The molecule has 1 aliphatic rings. The number of nitro benzene ring substituents is 1. The van der Waals surface area contributed by atoms with Crippen molar-refractivity contribution in [3.05, 3.63) is 39.9 Å². The molecule has 0 aliphatic carbocycles. The molecule has 0 bridgehead atoms. The van der Waals surface area contributed by atoms with Gasteiger partial charge in [0.05, 0.1) is 11.2 Å². The van der Waals surface area contributed by atoms with Crippen LogP contribution in [0.5, 0.6) is 0 Å². The quantitative estimate of drug-likeness (QED) is 0.507. The highest BCUT2D eigenvalue weighted by Gasteiger charge is 2.37. The summed E-state index contributed by atoms with van der Waals surface area (Å²) in [5, 5.41) is 10.4. The zero-order chi connectivity index (χ0) is 20.9. The van der Waals surface area contributed by atoms with Crippen LogP contribution in [0.25, 0.3) is 0 Å². The van der Waals surface area contributed by atoms with Crippen LogP contribution in [0.4, 0.5) is 10.5 Å². The van der Waals surface area contributed by atoms with Crippen molar-refractivity contribution in [3.8, 4) is 0 Å². The van der Waals surface area contributed by atoms with Crippen molar-refractivity contribution < 1.29 is 27.7 Å². The molecule has 2 rings (SSSR count). The number of hydrogen-bond acceptors (Lipinski definition) is 8. The molecule has 1 N–H and O–H groups in total. The van der Waals surface area contributed by atoms with Gasteiger partial charge >= 0.3 is 6.09 Å². The molecule has 1 aromatic rings. The minimum Gasteiger partial charge on any atom is -0.445 e. The van der Waals surface area contributed by atoms with Crippen LogP contribution in [0.15, 0.2) is 24.3 Å². The van der Waals surface area contributed by atoms with Gasteiger partial charge in [0.15, 0.2) is 5.12 Å². The third-order valence-electron chi connectivity index (χ3n) is 4.03. The molecule has 154 valence electrons. The summed E-state index contributed by atoms with van der Waals surface area (Å²) in [6.07, 6.45) is 0.853. The average molecular weight is 431 g/mol. The van der Waals surface area contributed by atoms with E-state index in [0.29, 0.717) is 12.0 Å². The van der Waals surface area contributed by atoms with Crippen molar-refractivity contribution in [2.45, 2.75) is 31.2 Å². The van der Waals surface area contributed by atoms with Gasteiger partial charge in [-0.25, -0.2) is 17.9 Å². The van der Waals surface area contributed by atoms with Crippen LogP contribution in [0, 0.1) is 10.1 Å². The highest BCUT2D eigenvalue weighted by atomic mass is 32.2. The zero-order valence-corrected chi connectivity index (χ0v) is 17.0. The van der Waals surface area contributed by atoms with E-state index >= 15 is 0 Å². The Morgan fingerprint density at radius 1 is 1.36 bits per heavy atom. The molecule has 12 heteroatoms. The second kappa shape index (κ2) is 9.34. The van der Waals surface area contributed by atoms with E-state index < -0.39 is 27.1 Å². The number of hydrogen-bond donors (Lipinski definition) is 1. The first-order valence-corrected chi connectivity index (χ1v) is 11.1. The van der Waals surface area contributed by atoms with E-state index in [0.717, 1.165) is 18.0 Å². The zero-order valence-electron chi connectivity index (χ0n) is 15.4. The van der Waals surface area contributed by atoms with Gasteiger partial charge in [-0.15, -0.1) is 0 Å². The van der Waals surface area contributed by atoms with Crippen LogP contribution in [0.1, 0.15) is 18.9 Å². The summed E-state index contributed by atoms with van der Waals surface area (Å²) in [5.74, 6) is 0. The summed E-state index contributed by atoms with van der Waals surface area (Å²) in [6, 6.07) is 5.18. The predicted molar refractivity (Wildman–Crippen MR) is 103 cm³/mol. The number of amides is 1. The number of ether oxygens (including phenoxy) is 1. The molecule has 1 heterocycles. The summed E-state index contributed by atoms with van der Waals surface area (Å²) in [5.41, 5.74) is 0.518. The lowest BCUT2D eigenvalue weighted by molar-refractivity contribution is -0.384. The van der Waals surface area contributed by atoms with Gasteiger partial charge in [0.1, 0.15) is 6.61 Å². The van der Waals surface area contributed by atoms with Gasteiger partial charge in [0.2, 0.25) is 10.0 Å². The Hall–Kier alpha value is -2.18. The molecule has 2 atom stereocenters. The maximum atomic E-state index is 12.5. The smallest absolute Gasteiger partial charge is 0.410 e. The Kier molecular flexibility index (Phi) is 7.38. The summed E-state index contributed by atoms with van der Waals surface area (Å²) < 4.78 is 30.4. The van der Waals surface area contributed by atoms with Crippen molar-refractivity contribution in [3.63, 3.8) is 0 Å². The molecule has 1 fully saturated rings. The van der Waals surface area contributed by atoms with Gasteiger partial charge in [0.25, 0.3) is 5.69 Å². The van der Waals surface area contributed by atoms with Crippen LogP contribution in [-0.2, 0) is 26.2 Å². The van der Waals surface area contributed by atoms with Gasteiger partial charge in [0, 0.05) is 43.4 Å². The topological polar surface area (TPSA) is 136 Å². The van der Waals surface area contributed by atoms with Gasteiger partial charge in [-0.2, -0.15) is 0 Å². The van der Waals surface area contributed by atoms with Crippen molar-refractivity contribution in [2.75, 3.05) is 19.3 Å². The second-order valence-corrected chi connectivity index (χ2v) is 9.68. The van der Waals surface area contributed by atoms with Crippen molar-refractivity contribution >= 4 is 38.7 Å². The number of carbonyl (C=O) groups is 2. The van der Waals surface area contributed by atoms with Crippen LogP contribution < -0.4 is 4.72 Å². The Morgan fingerprint density at radius 3 is 2.54 bits per heavy atom. The Morgan fingerprint density at radius 2 is 2.00 bits per heavy atom. The first kappa shape index (κ1) is 22.1. The number of nitrogens with one attached hydrogen (secondary N) is 1. The molecule has 10 nitrogen and oxygen atoms in total. The summed E-state index contributed by atoms with van der Waals surface area (Å²) in [6.45, 7) is 1.65. The maximum Gasteiger partial charge on any atom is 0.410 e. The molecular weight excluding hydrogens is 410 g/mol. The molecule has 28 heavy (non-hydrogen) atoms. The van der Waals surface area contributed by atoms with Gasteiger partial charge in [-0.05, 0) is 24.1 Å². The fourth-order valence-corrected chi connectivity index (χ4v) is 4.32. The van der Waals surface area contributed by atoms with Crippen LogP contribution in [0.3, 0.4) is 0 Å².